The second kappa shape index (κ2) is 10.5. The molecule has 0 atom stereocenters. The number of rotatable bonds is 9. The summed E-state index contributed by atoms with van der Waals surface area (Å²) >= 11 is 0. The molecule has 0 amide bonds. The molecule has 0 aliphatic heterocycles. The highest BCUT2D eigenvalue weighted by Gasteiger charge is 2.01. The van der Waals surface area contributed by atoms with Crippen LogP contribution in [-0.2, 0) is 14.3 Å². The summed E-state index contributed by atoms with van der Waals surface area (Å²) in [6.07, 6.45) is 5.45. The van der Waals surface area contributed by atoms with Crippen molar-refractivity contribution < 1.29 is 14.3 Å². The van der Waals surface area contributed by atoms with Crippen molar-refractivity contribution in [3.63, 3.8) is 0 Å². The van der Waals surface area contributed by atoms with Crippen molar-refractivity contribution >= 4 is 5.97 Å². The lowest BCUT2D eigenvalue weighted by Crippen LogP contribution is -2.13. The number of esters is 1. The van der Waals surface area contributed by atoms with Gasteiger partial charge in [0.1, 0.15) is 6.61 Å². The maximum absolute atomic E-state index is 11.0. The minimum atomic E-state index is -0.241. The predicted molar refractivity (Wildman–Crippen MR) is 56.2 cm³/mol. The van der Waals surface area contributed by atoms with Crippen LogP contribution in [0, 0.1) is 0 Å². The third-order valence-electron chi connectivity index (χ3n) is 1.83. The second-order valence-corrected chi connectivity index (χ2v) is 3.33. The second-order valence-electron chi connectivity index (χ2n) is 3.33. The Morgan fingerprint density at radius 3 is 2.43 bits per heavy atom. The lowest BCUT2D eigenvalue weighted by molar-refractivity contribution is -0.149. The molecule has 0 fully saturated rings. The molecule has 0 aliphatic carbocycles. The zero-order chi connectivity index (χ0) is 10.6. The summed E-state index contributed by atoms with van der Waals surface area (Å²) < 4.78 is 10.0. The molecule has 3 nitrogen and oxygen atoms in total. The van der Waals surface area contributed by atoms with Crippen molar-refractivity contribution in [2.24, 2.45) is 0 Å². The number of hydrogen-bond donors (Lipinski definition) is 0. The highest BCUT2D eigenvalue weighted by molar-refractivity contribution is 5.70. The van der Waals surface area contributed by atoms with Crippen molar-refractivity contribution in [2.75, 3.05) is 19.8 Å². The quantitative estimate of drug-likeness (QED) is 0.426. The molecule has 0 saturated carbocycles. The van der Waals surface area contributed by atoms with Gasteiger partial charge in [0.05, 0.1) is 6.61 Å². The third kappa shape index (κ3) is 9.52. The zero-order valence-corrected chi connectivity index (χ0v) is 9.38. The van der Waals surface area contributed by atoms with E-state index in [4.69, 9.17) is 9.47 Å². The lowest BCUT2D eigenvalue weighted by Gasteiger charge is -2.04. The zero-order valence-electron chi connectivity index (χ0n) is 9.38. The summed E-state index contributed by atoms with van der Waals surface area (Å²) in [5.74, 6) is -0.241. The average Bonchev–Trinajstić information content (AvgIpc) is 2.18. The first-order valence-electron chi connectivity index (χ1n) is 5.54. The lowest BCUT2D eigenvalue weighted by atomic mass is 10.2. The van der Waals surface area contributed by atoms with E-state index in [9.17, 15) is 4.79 Å². The molecule has 84 valence electrons. The minimum absolute atomic E-state index is 0.0988. The number of ether oxygens (including phenoxy) is 2. The molecule has 0 saturated heterocycles. The maximum Gasteiger partial charge on any atom is 0.332 e. The molecule has 0 aromatic rings. The van der Waals surface area contributed by atoms with Gasteiger partial charge in [-0.1, -0.05) is 33.1 Å². The van der Waals surface area contributed by atoms with Crippen LogP contribution < -0.4 is 0 Å². The van der Waals surface area contributed by atoms with Crippen LogP contribution in [-0.4, -0.2) is 25.8 Å². The van der Waals surface area contributed by atoms with Gasteiger partial charge in [-0.05, 0) is 12.8 Å². The summed E-state index contributed by atoms with van der Waals surface area (Å²) in [5.41, 5.74) is 0. The molecular formula is C11H22O3. The normalized spacial score (nSPS) is 10.1. The molecule has 0 spiro atoms. The number of carbonyl (C=O) groups is 1. The van der Waals surface area contributed by atoms with E-state index in [0.717, 1.165) is 19.3 Å². The van der Waals surface area contributed by atoms with E-state index in [1.54, 1.807) is 0 Å². The van der Waals surface area contributed by atoms with Gasteiger partial charge in [-0.3, -0.25) is 0 Å². The van der Waals surface area contributed by atoms with E-state index in [2.05, 4.69) is 6.92 Å². The summed E-state index contributed by atoms with van der Waals surface area (Å²) in [6, 6.07) is 0. The fourth-order valence-corrected chi connectivity index (χ4v) is 1.06. The Morgan fingerprint density at radius 1 is 1.00 bits per heavy atom. The van der Waals surface area contributed by atoms with Crippen LogP contribution in [0.3, 0.4) is 0 Å². The maximum atomic E-state index is 11.0. The van der Waals surface area contributed by atoms with Crippen LogP contribution in [0.5, 0.6) is 0 Å². The van der Waals surface area contributed by atoms with Gasteiger partial charge in [-0.2, -0.15) is 0 Å². The first-order valence-corrected chi connectivity index (χ1v) is 5.54. The highest BCUT2D eigenvalue weighted by Crippen LogP contribution is 1.98. The monoisotopic (exact) mass is 202 g/mol. The van der Waals surface area contributed by atoms with Gasteiger partial charge in [-0.15, -0.1) is 0 Å². The molecule has 0 heterocycles. The molecule has 3 heteroatoms. The first kappa shape index (κ1) is 13.4. The van der Waals surface area contributed by atoms with Gasteiger partial charge in [0.15, 0.2) is 0 Å². The Balaban J connectivity index is 3.10. The Bertz CT molecular complexity index is 134. The van der Waals surface area contributed by atoms with Crippen LogP contribution in [0.1, 0.15) is 46.0 Å². The molecular weight excluding hydrogens is 180 g/mol. The molecule has 0 radical (unpaired) electrons. The fourth-order valence-electron chi connectivity index (χ4n) is 1.06. The first-order chi connectivity index (χ1) is 6.81. The van der Waals surface area contributed by atoms with E-state index in [0.29, 0.717) is 13.2 Å². The largest absolute Gasteiger partial charge is 0.464 e. The van der Waals surface area contributed by atoms with Gasteiger partial charge in [0.25, 0.3) is 0 Å². The third-order valence-corrected chi connectivity index (χ3v) is 1.83. The highest BCUT2D eigenvalue weighted by atomic mass is 16.6. The topological polar surface area (TPSA) is 35.5 Å². The van der Waals surface area contributed by atoms with Crippen LogP contribution in [0.4, 0.5) is 0 Å². The Morgan fingerprint density at radius 2 is 1.79 bits per heavy atom. The summed E-state index contributed by atoms with van der Waals surface area (Å²) in [7, 11) is 0. The molecule has 14 heavy (non-hydrogen) atoms. The Kier molecular flexibility index (Phi) is 10.1. The molecule has 0 unspecified atom stereocenters. The Labute approximate surface area is 86.8 Å². The predicted octanol–water partition coefficient (Wildman–Crippen LogP) is 2.54. The fraction of sp³-hybridized carbons (Fsp3) is 0.909. The number of hydrogen-bond acceptors (Lipinski definition) is 3. The van der Waals surface area contributed by atoms with Crippen molar-refractivity contribution in [1.82, 2.24) is 0 Å². The van der Waals surface area contributed by atoms with E-state index in [-0.39, 0.29) is 12.6 Å². The number of unbranched alkanes of at least 4 members (excludes halogenated alkanes) is 3. The average molecular weight is 202 g/mol. The van der Waals surface area contributed by atoms with Crippen LogP contribution in [0.2, 0.25) is 0 Å². The van der Waals surface area contributed by atoms with Crippen molar-refractivity contribution in [1.29, 1.82) is 0 Å². The van der Waals surface area contributed by atoms with E-state index >= 15 is 0 Å². The van der Waals surface area contributed by atoms with Crippen molar-refractivity contribution in [3.8, 4) is 0 Å². The van der Waals surface area contributed by atoms with Crippen LogP contribution in [0.25, 0.3) is 0 Å². The van der Waals surface area contributed by atoms with Gasteiger partial charge >= 0.3 is 5.97 Å². The van der Waals surface area contributed by atoms with Crippen molar-refractivity contribution in [3.05, 3.63) is 0 Å². The minimum Gasteiger partial charge on any atom is -0.464 e. The SMILES string of the molecule is CCCCCCOC(=O)COCCC. The summed E-state index contributed by atoms with van der Waals surface area (Å²) in [5, 5.41) is 0. The van der Waals surface area contributed by atoms with E-state index in [1.165, 1.54) is 12.8 Å². The van der Waals surface area contributed by atoms with Gasteiger partial charge < -0.3 is 9.47 Å². The van der Waals surface area contributed by atoms with Crippen LogP contribution >= 0.6 is 0 Å². The van der Waals surface area contributed by atoms with E-state index in [1.807, 2.05) is 6.92 Å². The smallest absolute Gasteiger partial charge is 0.332 e. The van der Waals surface area contributed by atoms with Gasteiger partial charge in [0.2, 0.25) is 0 Å². The summed E-state index contributed by atoms with van der Waals surface area (Å²) in [6.45, 7) is 5.43. The molecule has 0 aromatic heterocycles. The summed E-state index contributed by atoms with van der Waals surface area (Å²) in [4.78, 5) is 11.0. The molecule has 0 N–H and O–H groups in total. The Hall–Kier alpha value is -0.570. The standard InChI is InChI=1S/C11H22O3/c1-3-5-6-7-9-14-11(12)10-13-8-4-2/h3-10H2,1-2H3. The molecule has 0 rings (SSSR count). The molecule has 0 aromatic carbocycles. The van der Waals surface area contributed by atoms with Gasteiger partial charge in [0, 0.05) is 6.61 Å². The molecule has 0 aliphatic rings. The number of carbonyl (C=O) groups excluding carboxylic acids is 1. The van der Waals surface area contributed by atoms with Crippen LogP contribution in [0.15, 0.2) is 0 Å². The van der Waals surface area contributed by atoms with Crippen molar-refractivity contribution in [2.45, 2.75) is 46.0 Å². The van der Waals surface area contributed by atoms with E-state index < -0.39 is 0 Å². The molecule has 0 bridgehead atoms. The van der Waals surface area contributed by atoms with Gasteiger partial charge in [-0.25, -0.2) is 4.79 Å².